The Hall–Kier alpha value is -3.87. The first-order valence-corrected chi connectivity index (χ1v) is 11.3. The first-order valence-electron chi connectivity index (χ1n) is 11.3. The van der Waals surface area contributed by atoms with Crippen molar-refractivity contribution in [2.45, 2.75) is 53.6 Å². The van der Waals surface area contributed by atoms with Crippen molar-refractivity contribution in [1.82, 2.24) is 20.9 Å². The Balaban J connectivity index is 1.91. The van der Waals surface area contributed by atoms with Crippen molar-refractivity contribution < 1.29 is 14.4 Å². The van der Waals surface area contributed by atoms with Crippen molar-refractivity contribution in [1.29, 1.82) is 0 Å². The summed E-state index contributed by atoms with van der Waals surface area (Å²) in [5, 5.41) is 9.16. The van der Waals surface area contributed by atoms with Crippen LogP contribution in [0.3, 0.4) is 0 Å². The molecule has 1 atom stereocenters. The number of hydrogen-bond acceptors (Lipinski definition) is 3. The summed E-state index contributed by atoms with van der Waals surface area (Å²) in [7, 11) is 0. The molecule has 0 unspecified atom stereocenters. The van der Waals surface area contributed by atoms with Crippen LogP contribution in [0.5, 0.6) is 0 Å². The molecule has 3 amide bonds. The molecule has 0 fully saturated rings. The second-order valence-corrected chi connectivity index (χ2v) is 8.90. The van der Waals surface area contributed by atoms with E-state index in [2.05, 4.69) is 45.2 Å². The molecule has 0 bridgehead atoms. The van der Waals surface area contributed by atoms with Crippen molar-refractivity contribution in [2.75, 3.05) is 0 Å². The zero-order valence-electron chi connectivity index (χ0n) is 20.5. The van der Waals surface area contributed by atoms with Crippen LogP contribution >= 0.6 is 0 Å². The Morgan fingerprint density at radius 2 is 1.68 bits per heavy atom. The lowest BCUT2D eigenvalue weighted by Gasteiger charge is -2.18. The number of nitrogens with one attached hydrogen (secondary N) is 4. The highest BCUT2D eigenvalue weighted by atomic mass is 16.2. The number of hydrogen-bond donors (Lipinski definition) is 4. The maximum absolute atomic E-state index is 12.9. The second kappa shape index (κ2) is 10.4. The monoisotopic (exact) mass is 460 g/mol. The molecular formula is C27H32N4O3. The average molecular weight is 461 g/mol. The van der Waals surface area contributed by atoms with Crippen molar-refractivity contribution in [3.8, 4) is 11.1 Å². The zero-order chi connectivity index (χ0) is 25.0. The van der Waals surface area contributed by atoms with Gasteiger partial charge in [0.25, 0.3) is 5.91 Å². The third-order valence-electron chi connectivity index (χ3n) is 5.50. The molecule has 178 valence electrons. The van der Waals surface area contributed by atoms with Crippen molar-refractivity contribution in [3.63, 3.8) is 0 Å². The summed E-state index contributed by atoms with van der Waals surface area (Å²) < 4.78 is 0. The van der Waals surface area contributed by atoms with Gasteiger partial charge in [0.15, 0.2) is 0 Å². The molecule has 1 aromatic heterocycles. The maximum atomic E-state index is 12.9. The van der Waals surface area contributed by atoms with Crippen LogP contribution < -0.4 is 16.0 Å². The number of benzene rings is 2. The lowest BCUT2D eigenvalue weighted by molar-refractivity contribution is -0.127. The fourth-order valence-electron chi connectivity index (χ4n) is 3.78. The predicted molar refractivity (Wildman–Crippen MR) is 136 cm³/mol. The molecule has 0 aliphatic heterocycles. The molecule has 7 heteroatoms. The number of rotatable bonds is 7. The van der Waals surface area contributed by atoms with Gasteiger partial charge in [-0.25, -0.2) is 0 Å². The van der Waals surface area contributed by atoms with Gasteiger partial charge in [0.2, 0.25) is 11.8 Å². The van der Waals surface area contributed by atoms with Crippen LogP contribution in [0.15, 0.2) is 48.3 Å². The lowest BCUT2D eigenvalue weighted by Crippen LogP contribution is -2.48. The summed E-state index contributed by atoms with van der Waals surface area (Å²) in [6.07, 6.45) is 3.56. The highest BCUT2D eigenvalue weighted by molar-refractivity contribution is 6.03. The number of aromatic nitrogens is 1. The second-order valence-electron chi connectivity index (χ2n) is 8.90. The molecule has 3 aromatic rings. The van der Waals surface area contributed by atoms with E-state index in [1.807, 2.05) is 46.0 Å². The first-order chi connectivity index (χ1) is 16.0. The molecule has 34 heavy (non-hydrogen) atoms. The van der Waals surface area contributed by atoms with Gasteiger partial charge in [-0.1, -0.05) is 18.2 Å². The van der Waals surface area contributed by atoms with Crippen LogP contribution in [0.1, 0.15) is 44.4 Å². The molecule has 1 heterocycles. The molecule has 2 aromatic carbocycles. The van der Waals surface area contributed by atoms with E-state index >= 15 is 0 Å². The van der Waals surface area contributed by atoms with Crippen LogP contribution in [0.25, 0.3) is 28.1 Å². The summed E-state index contributed by atoms with van der Waals surface area (Å²) in [6.45, 7) is 10.6. The maximum Gasteiger partial charge on any atom is 0.268 e. The summed E-state index contributed by atoms with van der Waals surface area (Å²) >= 11 is 0. The Labute approximate surface area is 200 Å². The fourth-order valence-corrected chi connectivity index (χ4v) is 3.78. The van der Waals surface area contributed by atoms with Crippen molar-refractivity contribution in [3.05, 3.63) is 65.0 Å². The third kappa shape index (κ3) is 5.92. The van der Waals surface area contributed by atoms with E-state index in [9.17, 15) is 14.4 Å². The average Bonchev–Trinajstić information content (AvgIpc) is 3.22. The minimum Gasteiger partial charge on any atom is -0.361 e. The molecular weight excluding hydrogens is 428 g/mol. The van der Waals surface area contributed by atoms with E-state index < -0.39 is 11.9 Å². The summed E-state index contributed by atoms with van der Waals surface area (Å²) in [6, 6.07) is 11.6. The van der Waals surface area contributed by atoms with Gasteiger partial charge in [-0.2, -0.15) is 0 Å². The van der Waals surface area contributed by atoms with Gasteiger partial charge < -0.3 is 20.9 Å². The van der Waals surface area contributed by atoms with Crippen molar-refractivity contribution >= 4 is 34.7 Å². The largest absolute Gasteiger partial charge is 0.361 e. The standard InChI is InChI=1S/C27H32N4O3/c1-15(2)29-26(33)18(5)30-27(34)25(31-19(6)32)14-22-11-17(4)23(12-16(22)3)20-7-8-24-21(13-20)9-10-28-24/h7-15,18,28H,1-6H3,(H,29,33)(H,30,34)(H,31,32)/b25-14-/t18-/m1/s1. The number of H-pyrrole nitrogens is 1. The molecule has 0 saturated heterocycles. The van der Waals surface area contributed by atoms with Crippen LogP contribution in [-0.4, -0.2) is 34.8 Å². The minimum absolute atomic E-state index is 0.0423. The van der Waals surface area contributed by atoms with Gasteiger partial charge in [0, 0.05) is 24.7 Å². The Kier molecular flexibility index (Phi) is 7.56. The molecule has 7 nitrogen and oxygen atoms in total. The van der Waals surface area contributed by atoms with Gasteiger partial charge in [-0.3, -0.25) is 14.4 Å². The Morgan fingerprint density at radius 3 is 2.35 bits per heavy atom. The highest BCUT2D eigenvalue weighted by Crippen LogP contribution is 2.29. The quantitative estimate of drug-likeness (QED) is 0.401. The molecule has 0 radical (unpaired) electrons. The van der Waals surface area contributed by atoms with Crippen LogP contribution in [0.4, 0.5) is 0 Å². The van der Waals surface area contributed by atoms with Gasteiger partial charge in [-0.15, -0.1) is 0 Å². The van der Waals surface area contributed by atoms with Gasteiger partial charge in [0.05, 0.1) is 0 Å². The molecule has 0 saturated carbocycles. The SMILES string of the molecule is CC(=O)N/C(=C\c1cc(C)c(-c2ccc3[nH]ccc3c2)cc1C)C(=O)N[C@H](C)C(=O)NC(C)C. The number of aromatic amines is 1. The molecule has 3 rings (SSSR count). The Bertz CT molecular complexity index is 1270. The number of fused-ring (bicyclic) bond motifs is 1. The van der Waals surface area contributed by atoms with Gasteiger partial charge in [-0.05, 0) is 92.1 Å². The fraction of sp³-hybridized carbons (Fsp3) is 0.296. The van der Waals surface area contributed by atoms with Gasteiger partial charge in [0.1, 0.15) is 11.7 Å². The van der Waals surface area contributed by atoms with Crippen LogP contribution in [0, 0.1) is 13.8 Å². The number of carbonyl (C=O) groups is 3. The van der Waals surface area contributed by atoms with Crippen LogP contribution in [-0.2, 0) is 14.4 Å². The summed E-state index contributed by atoms with van der Waals surface area (Å²) in [5.41, 5.74) is 6.17. The van der Waals surface area contributed by atoms with E-state index in [4.69, 9.17) is 0 Å². The summed E-state index contributed by atoms with van der Waals surface area (Å²) in [5.74, 6) is -1.19. The number of aryl methyl sites for hydroxylation is 2. The predicted octanol–water partition coefficient (Wildman–Crippen LogP) is 3.96. The third-order valence-corrected chi connectivity index (χ3v) is 5.50. The number of carbonyl (C=O) groups excluding carboxylic acids is 3. The Morgan fingerprint density at radius 1 is 0.941 bits per heavy atom. The normalized spacial score (nSPS) is 12.5. The van der Waals surface area contributed by atoms with E-state index in [0.29, 0.717) is 0 Å². The topological polar surface area (TPSA) is 103 Å². The molecule has 0 spiro atoms. The van der Waals surface area contributed by atoms with Gasteiger partial charge >= 0.3 is 0 Å². The summed E-state index contributed by atoms with van der Waals surface area (Å²) in [4.78, 5) is 40.1. The van der Waals surface area contributed by atoms with E-state index in [0.717, 1.165) is 38.7 Å². The molecule has 0 aliphatic carbocycles. The van der Waals surface area contributed by atoms with Crippen molar-refractivity contribution in [2.24, 2.45) is 0 Å². The minimum atomic E-state index is -0.749. The molecule has 4 N–H and O–H groups in total. The lowest BCUT2D eigenvalue weighted by atomic mass is 9.94. The zero-order valence-corrected chi connectivity index (χ0v) is 20.5. The molecule has 0 aliphatic rings. The van der Waals surface area contributed by atoms with E-state index in [1.54, 1.807) is 13.0 Å². The van der Waals surface area contributed by atoms with Crippen LogP contribution in [0.2, 0.25) is 0 Å². The number of amides is 3. The first kappa shape index (κ1) is 24.8. The highest BCUT2D eigenvalue weighted by Gasteiger charge is 2.20. The van der Waals surface area contributed by atoms with E-state index in [-0.39, 0.29) is 23.6 Å². The van der Waals surface area contributed by atoms with E-state index in [1.165, 1.54) is 6.92 Å². The smallest absolute Gasteiger partial charge is 0.268 e.